The largest absolute Gasteiger partial charge is 0.462 e. The van der Waals surface area contributed by atoms with Crippen molar-refractivity contribution >= 4 is 51.6 Å². The zero-order chi connectivity index (χ0) is 20.7. The summed E-state index contributed by atoms with van der Waals surface area (Å²) in [6.45, 7) is 7.41. The van der Waals surface area contributed by atoms with E-state index in [1.165, 1.54) is 30.0 Å². The van der Waals surface area contributed by atoms with Crippen molar-refractivity contribution in [3.05, 3.63) is 40.3 Å². The molecule has 0 spiro atoms. The first kappa shape index (κ1) is 22.0. The van der Waals surface area contributed by atoms with Crippen LogP contribution in [-0.4, -0.2) is 30.1 Å². The molecule has 1 aromatic heterocycles. The lowest BCUT2D eigenvalue weighted by molar-refractivity contribution is -0.114. The van der Waals surface area contributed by atoms with Crippen molar-refractivity contribution in [3.8, 4) is 0 Å². The summed E-state index contributed by atoms with van der Waals surface area (Å²) in [7, 11) is 0. The number of thioether (sulfide) groups is 1. The monoisotopic (exact) mass is 420 g/mol. The van der Waals surface area contributed by atoms with Crippen LogP contribution in [0.25, 0.3) is 0 Å². The maximum atomic E-state index is 12.4. The molecule has 1 heterocycles. The average Bonchev–Trinajstić information content (AvgIpc) is 2.95. The lowest BCUT2D eigenvalue weighted by Crippen LogP contribution is -2.16. The number of thiophene rings is 1. The minimum Gasteiger partial charge on any atom is -0.462 e. The summed E-state index contributed by atoms with van der Waals surface area (Å²) in [5.74, 6) is -0.513. The summed E-state index contributed by atoms with van der Waals surface area (Å²) < 4.78 is 5.16. The highest BCUT2D eigenvalue weighted by Gasteiger charge is 2.23. The minimum absolute atomic E-state index is 0.130. The van der Waals surface area contributed by atoms with E-state index < -0.39 is 5.97 Å². The molecule has 0 fully saturated rings. The second-order valence-electron chi connectivity index (χ2n) is 5.96. The van der Waals surface area contributed by atoms with Crippen LogP contribution in [0.3, 0.4) is 0 Å². The van der Waals surface area contributed by atoms with Crippen molar-refractivity contribution < 1.29 is 19.1 Å². The number of carbonyl (C=O) groups excluding carboxylic acids is 3. The van der Waals surface area contributed by atoms with Gasteiger partial charge in [0.2, 0.25) is 11.8 Å². The minimum atomic E-state index is -0.403. The molecule has 0 saturated heterocycles. The predicted octanol–water partition coefficient (Wildman–Crippen LogP) is 4.48. The number of carbonyl (C=O) groups is 3. The number of ether oxygens (including phenoxy) is 1. The normalized spacial score (nSPS) is 10.4. The molecule has 0 atom stereocenters. The standard InChI is InChI=1S/C20H24N2O4S2/c1-5-16-12(3)28-19(18(16)20(25)26-6-2)22-17(24)11-27-15-9-7-14(8-10-15)21-13(4)23/h7-10H,5-6,11H2,1-4H3,(H,21,23)(H,22,24). The molecule has 150 valence electrons. The fourth-order valence-corrected chi connectivity index (χ4v) is 4.51. The zero-order valence-electron chi connectivity index (χ0n) is 16.4. The Hall–Kier alpha value is -2.32. The molecule has 6 nitrogen and oxygen atoms in total. The van der Waals surface area contributed by atoms with Gasteiger partial charge in [0.1, 0.15) is 5.00 Å². The van der Waals surface area contributed by atoms with Crippen LogP contribution in [0.5, 0.6) is 0 Å². The van der Waals surface area contributed by atoms with Gasteiger partial charge in [-0.3, -0.25) is 9.59 Å². The zero-order valence-corrected chi connectivity index (χ0v) is 18.0. The molecule has 0 unspecified atom stereocenters. The topological polar surface area (TPSA) is 84.5 Å². The first-order valence-electron chi connectivity index (χ1n) is 8.95. The van der Waals surface area contributed by atoms with Crippen LogP contribution in [0.2, 0.25) is 0 Å². The number of hydrogen-bond donors (Lipinski definition) is 2. The number of hydrogen-bond acceptors (Lipinski definition) is 6. The van der Waals surface area contributed by atoms with Crippen molar-refractivity contribution in [1.82, 2.24) is 0 Å². The highest BCUT2D eigenvalue weighted by molar-refractivity contribution is 8.00. The third-order valence-electron chi connectivity index (χ3n) is 3.84. The Labute approximate surface area is 173 Å². The molecule has 2 rings (SSSR count). The van der Waals surface area contributed by atoms with Crippen molar-refractivity contribution in [2.45, 2.75) is 39.0 Å². The van der Waals surface area contributed by atoms with E-state index in [9.17, 15) is 14.4 Å². The van der Waals surface area contributed by atoms with Gasteiger partial charge >= 0.3 is 5.97 Å². The molecular weight excluding hydrogens is 396 g/mol. The van der Waals surface area contributed by atoms with Crippen molar-refractivity contribution in [1.29, 1.82) is 0 Å². The molecule has 0 saturated carbocycles. The van der Waals surface area contributed by atoms with Crippen LogP contribution in [0.15, 0.2) is 29.2 Å². The van der Waals surface area contributed by atoms with Gasteiger partial charge in [0.05, 0.1) is 17.9 Å². The van der Waals surface area contributed by atoms with Gasteiger partial charge in [0.15, 0.2) is 0 Å². The molecule has 0 radical (unpaired) electrons. The van der Waals surface area contributed by atoms with E-state index in [2.05, 4.69) is 10.6 Å². The average molecular weight is 421 g/mol. The molecule has 2 N–H and O–H groups in total. The van der Waals surface area contributed by atoms with E-state index in [-0.39, 0.29) is 24.2 Å². The van der Waals surface area contributed by atoms with Gasteiger partial charge in [-0.15, -0.1) is 23.1 Å². The summed E-state index contributed by atoms with van der Waals surface area (Å²) in [6.07, 6.45) is 0.696. The van der Waals surface area contributed by atoms with Gasteiger partial charge in [-0.1, -0.05) is 6.92 Å². The quantitative estimate of drug-likeness (QED) is 0.486. The number of benzene rings is 1. The number of amides is 2. The van der Waals surface area contributed by atoms with Crippen LogP contribution >= 0.6 is 23.1 Å². The van der Waals surface area contributed by atoms with E-state index in [0.717, 1.165) is 15.3 Å². The van der Waals surface area contributed by atoms with E-state index in [1.807, 2.05) is 26.0 Å². The Morgan fingerprint density at radius 1 is 1.11 bits per heavy atom. The Kier molecular flexibility index (Phi) is 8.07. The van der Waals surface area contributed by atoms with Crippen molar-refractivity contribution in [2.24, 2.45) is 0 Å². The van der Waals surface area contributed by atoms with E-state index in [1.54, 1.807) is 19.1 Å². The summed E-state index contributed by atoms with van der Waals surface area (Å²) in [4.78, 5) is 37.7. The van der Waals surface area contributed by atoms with Crippen LogP contribution in [0.1, 0.15) is 41.6 Å². The predicted molar refractivity (Wildman–Crippen MR) is 114 cm³/mol. The van der Waals surface area contributed by atoms with Crippen LogP contribution in [0, 0.1) is 6.92 Å². The molecule has 0 aliphatic carbocycles. The van der Waals surface area contributed by atoms with Gasteiger partial charge in [-0.05, 0) is 50.1 Å². The second-order valence-corrected chi connectivity index (χ2v) is 8.23. The molecule has 0 bridgehead atoms. The van der Waals surface area contributed by atoms with Crippen LogP contribution < -0.4 is 10.6 Å². The molecule has 0 aliphatic rings. The first-order chi connectivity index (χ1) is 13.3. The fourth-order valence-electron chi connectivity index (χ4n) is 2.66. The van der Waals surface area contributed by atoms with Crippen molar-refractivity contribution in [2.75, 3.05) is 23.0 Å². The van der Waals surface area contributed by atoms with E-state index in [0.29, 0.717) is 22.7 Å². The lowest BCUT2D eigenvalue weighted by Gasteiger charge is -2.08. The lowest BCUT2D eigenvalue weighted by atomic mass is 10.1. The highest BCUT2D eigenvalue weighted by atomic mass is 32.2. The molecular formula is C20H24N2O4S2. The van der Waals surface area contributed by atoms with Gasteiger partial charge in [-0.2, -0.15) is 0 Å². The molecule has 2 aromatic rings. The number of nitrogens with one attached hydrogen (secondary N) is 2. The smallest absolute Gasteiger partial charge is 0.341 e. The summed E-state index contributed by atoms with van der Waals surface area (Å²) in [5, 5.41) is 6.10. The maximum absolute atomic E-state index is 12.4. The maximum Gasteiger partial charge on any atom is 0.341 e. The molecule has 28 heavy (non-hydrogen) atoms. The number of esters is 1. The number of aryl methyl sites for hydroxylation is 1. The van der Waals surface area contributed by atoms with Gasteiger partial charge in [0, 0.05) is 22.4 Å². The Bertz CT molecular complexity index is 860. The van der Waals surface area contributed by atoms with Crippen LogP contribution in [-0.2, 0) is 20.7 Å². The molecule has 1 aromatic carbocycles. The Balaban J connectivity index is 2.03. The molecule has 8 heteroatoms. The third-order valence-corrected chi connectivity index (χ3v) is 5.91. The number of rotatable bonds is 8. The number of anilines is 2. The summed E-state index contributed by atoms with van der Waals surface area (Å²) in [6, 6.07) is 7.27. The van der Waals surface area contributed by atoms with E-state index >= 15 is 0 Å². The third kappa shape index (κ3) is 5.84. The van der Waals surface area contributed by atoms with Gasteiger partial charge < -0.3 is 15.4 Å². The van der Waals surface area contributed by atoms with Gasteiger partial charge in [0.25, 0.3) is 0 Å². The molecule has 2 amide bonds. The fraction of sp³-hybridized carbons (Fsp3) is 0.350. The Morgan fingerprint density at radius 2 is 1.79 bits per heavy atom. The van der Waals surface area contributed by atoms with Crippen molar-refractivity contribution in [3.63, 3.8) is 0 Å². The van der Waals surface area contributed by atoms with E-state index in [4.69, 9.17) is 4.74 Å². The van der Waals surface area contributed by atoms with Gasteiger partial charge in [-0.25, -0.2) is 4.79 Å². The SMILES string of the molecule is CCOC(=O)c1c(NC(=O)CSc2ccc(NC(C)=O)cc2)sc(C)c1CC. The second kappa shape index (κ2) is 10.3. The first-order valence-corrected chi connectivity index (χ1v) is 10.8. The Morgan fingerprint density at radius 3 is 2.36 bits per heavy atom. The summed E-state index contributed by atoms with van der Waals surface area (Å²) in [5.41, 5.74) is 2.09. The van der Waals surface area contributed by atoms with Crippen LogP contribution in [0.4, 0.5) is 10.7 Å². The summed E-state index contributed by atoms with van der Waals surface area (Å²) >= 11 is 2.78. The highest BCUT2D eigenvalue weighted by Crippen LogP contribution is 2.34. The molecule has 0 aliphatic heterocycles.